The van der Waals surface area contributed by atoms with Crippen LogP contribution in [0.1, 0.15) is 68.8 Å². The molecule has 0 radical (unpaired) electrons. The molecule has 10 nitrogen and oxygen atoms in total. The summed E-state index contributed by atoms with van der Waals surface area (Å²) in [5.74, 6) is -1.54. The topological polar surface area (TPSA) is 131 Å². The van der Waals surface area contributed by atoms with Gasteiger partial charge in [0.15, 0.2) is 0 Å². The molecule has 3 aliphatic carbocycles. The summed E-state index contributed by atoms with van der Waals surface area (Å²) in [6, 6.07) is 4.87. The van der Waals surface area contributed by atoms with Crippen LogP contribution in [-0.4, -0.2) is 72.1 Å². The lowest BCUT2D eigenvalue weighted by Crippen LogP contribution is -2.65. The van der Waals surface area contributed by atoms with E-state index in [1.54, 1.807) is 12.1 Å². The van der Waals surface area contributed by atoms with E-state index in [0.717, 1.165) is 17.7 Å². The van der Waals surface area contributed by atoms with Gasteiger partial charge in [0.2, 0.25) is 17.7 Å². The fraction of sp³-hybridized carbons (Fsp3) is 0.630. The van der Waals surface area contributed by atoms with E-state index in [4.69, 9.17) is 14.0 Å². The summed E-state index contributed by atoms with van der Waals surface area (Å²) in [4.78, 5) is 49.9. The molecule has 0 spiro atoms. The largest absolute Gasteiger partial charge is 0.496 e. The fourth-order valence-electron chi connectivity index (χ4n) is 7.04. The summed E-state index contributed by atoms with van der Waals surface area (Å²) in [6.45, 7) is 6.65. The number of methoxy groups -OCH3 is 1. The summed E-state index contributed by atoms with van der Waals surface area (Å²) >= 11 is 0. The van der Waals surface area contributed by atoms with E-state index >= 15 is 0 Å². The monoisotopic (exact) mass is 526 g/mol. The van der Waals surface area contributed by atoms with Crippen LogP contribution in [-0.2, 0) is 30.1 Å². The number of hydrogen-bond donors (Lipinski definition) is 2. The van der Waals surface area contributed by atoms with Gasteiger partial charge in [0.05, 0.1) is 24.8 Å². The maximum atomic E-state index is 13.1. The number of rotatable bonds is 9. The zero-order valence-electron chi connectivity index (χ0n) is 22.3. The second-order valence-electron chi connectivity index (χ2n) is 11.7. The van der Waals surface area contributed by atoms with Crippen LogP contribution in [0.15, 0.2) is 18.2 Å². The van der Waals surface area contributed by atoms with E-state index in [-0.39, 0.29) is 72.8 Å². The molecular formula is C27H35BN2O8. The molecule has 3 amide bonds. The van der Waals surface area contributed by atoms with E-state index in [1.165, 1.54) is 13.2 Å². The molecule has 5 fully saturated rings. The standard InChI is InChI=1S/C27H35BN2O8/c1-26(2)16-13-18(26)27(3)19(14-16)37-28(38-27)20(12-15-6-5-7-17(25(34)35)24(15)36-4)29-21(31)10-11-30-22(32)8-9-23(30)33/h5-7,16,18-20H,8-14H2,1-4H3,(H,29,31)(H,34,35). The van der Waals surface area contributed by atoms with Gasteiger partial charge in [-0.1, -0.05) is 26.0 Å². The predicted molar refractivity (Wildman–Crippen MR) is 136 cm³/mol. The molecule has 2 N–H and O–H groups in total. The van der Waals surface area contributed by atoms with Crippen LogP contribution in [0.5, 0.6) is 5.75 Å². The Morgan fingerprint density at radius 1 is 1.21 bits per heavy atom. The Balaban J connectivity index is 1.37. The fourth-order valence-corrected chi connectivity index (χ4v) is 7.04. The first kappa shape index (κ1) is 26.7. The van der Waals surface area contributed by atoms with Gasteiger partial charge in [-0.2, -0.15) is 0 Å². The molecule has 38 heavy (non-hydrogen) atoms. The Bertz CT molecular complexity index is 1160. The number of carboxylic acid groups (broad SMARTS) is 1. The lowest BCUT2D eigenvalue weighted by molar-refractivity contribution is -0.199. The van der Waals surface area contributed by atoms with E-state index in [9.17, 15) is 24.3 Å². The van der Waals surface area contributed by atoms with Crippen LogP contribution in [0.4, 0.5) is 0 Å². The van der Waals surface area contributed by atoms with Gasteiger partial charge >= 0.3 is 13.1 Å². The number of nitrogens with one attached hydrogen (secondary N) is 1. The van der Waals surface area contributed by atoms with Crippen LogP contribution in [0.3, 0.4) is 0 Å². The van der Waals surface area contributed by atoms with Crippen molar-refractivity contribution in [3.8, 4) is 5.75 Å². The first-order valence-electron chi connectivity index (χ1n) is 13.3. The Morgan fingerprint density at radius 3 is 2.55 bits per heavy atom. The summed E-state index contributed by atoms with van der Waals surface area (Å²) in [6.07, 6.45) is 2.37. The quantitative estimate of drug-likeness (QED) is 0.370. The van der Waals surface area contributed by atoms with Crippen molar-refractivity contribution in [1.82, 2.24) is 10.2 Å². The number of likely N-dealkylation sites (tertiary alicyclic amines) is 1. The number of aromatic carboxylic acids is 1. The van der Waals surface area contributed by atoms with Gasteiger partial charge in [0, 0.05) is 25.8 Å². The highest BCUT2D eigenvalue weighted by Crippen LogP contribution is 2.65. The number of imide groups is 1. The van der Waals surface area contributed by atoms with Crippen molar-refractivity contribution in [2.45, 2.75) is 76.9 Å². The number of carboxylic acids is 1. The van der Waals surface area contributed by atoms with Crippen molar-refractivity contribution in [2.24, 2.45) is 17.3 Å². The molecule has 3 saturated carbocycles. The van der Waals surface area contributed by atoms with Crippen molar-refractivity contribution in [3.63, 3.8) is 0 Å². The summed E-state index contributed by atoms with van der Waals surface area (Å²) < 4.78 is 18.5. The number of carbonyl (C=O) groups is 4. The van der Waals surface area contributed by atoms with Crippen molar-refractivity contribution >= 4 is 30.8 Å². The molecule has 2 heterocycles. The molecule has 5 aliphatic rings. The van der Waals surface area contributed by atoms with Gasteiger partial charge in [-0.25, -0.2) is 4.79 Å². The number of hydrogen-bond acceptors (Lipinski definition) is 7. The van der Waals surface area contributed by atoms with Gasteiger partial charge in [-0.15, -0.1) is 0 Å². The number of carbonyl (C=O) groups excluding carboxylic acids is 3. The van der Waals surface area contributed by atoms with Gasteiger partial charge in [-0.05, 0) is 55.1 Å². The first-order chi connectivity index (χ1) is 18.0. The third-order valence-corrected chi connectivity index (χ3v) is 9.33. The number of nitrogens with zero attached hydrogens (tertiary/aromatic N) is 1. The Morgan fingerprint density at radius 2 is 1.92 bits per heavy atom. The molecule has 1 aromatic rings. The minimum Gasteiger partial charge on any atom is -0.496 e. The smallest absolute Gasteiger partial charge is 0.482 e. The highest BCUT2D eigenvalue weighted by Gasteiger charge is 2.68. The second kappa shape index (κ2) is 9.68. The minimum atomic E-state index is -1.11. The number of benzene rings is 1. The van der Waals surface area contributed by atoms with Crippen molar-refractivity contribution < 1.29 is 38.3 Å². The molecule has 204 valence electrons. The summed E-state index contributed by atoms with van der Waals surface area (Å²) in [7, 11) is 0.661. The summed E-state index contributed by atoms with van der Waals surface area (Å²) in [5, 5.41) is 12.6. The van der Waals surface area contributed by atoms with Crippen LogP contribution in [0.25, 0.3) is 0 Å². The summed E-state index contributed by atoms with van der Waals surface area (Å²) in [5.41, 5.74) is 0.278. The Kier molecular flexibility index (Phi) is 6.80. The van der Waals surface area contributed by atoms with Gasteiger partial charge in [-0.3, -0.25) is 19.3 Å². The lowest BCUT2D eigenvalue weighted by atomic mass is 9.43. The van der Waals surface area contributed by atoms with Gasteiger partial charge in [0.1, 0.15) is 11.3 Å². The highest BCUT2D eigenvalue weighted by atomic mass is 16.7. The predicted octanol–water partition coefficient (Wildman–Crippen LogP) is 2.23. The third-order valence-electron chi connectivity index (χ3n) is 9.33. The molecular weight excluding hydrogens is 491 g/mol. The van der Waals surface area contributed by atoms with Crippen molar-refractivity contribution in [1.29, 1.82) is 0 Å². The third kappa shape index (κ3) is 4.39. The molecule has 6 rings (SSSR count). The first-order valence-corrected chi connectivity index (χ1v) is 13.3. The van der Waals surface area contributed by atoms with Gasteiger partial charge in [0.25, 0.3) is 0 Å². The maximum Gasteiger partial charge on any atom is 0.482 e. The number of ether oxygens (including phenoxy) is 1. The molecule has 1 aromatic carbocycles. The van der Waals surface area contributed by atoms with Crippen LogP contribution in [0, 0.1) is 17.3 Å². The van der Waals surface area contributed by atoms with E-state index in [2.05, 4.69) is 26.1 Å². The van der Waals surface area contributed by atoms with E-state index in [1.807, 2.05) is 0 Å². The van der Waals surface area contributed by atoms with Crippen LogP contribution >= 0.6 is 0 Å². The zero-order valence-corrected chi connectivity index (χ0v) is 22.3. The minimum absolute atomic E-state index is 0.0126. The number of amides is 3. The Hall–Kier alpha value is -2.92. The zero-order chi connectivity index (χ0) is 27.4. The molecule has 2 bridgehead atoms. The molecule has 5 atom stereocenters. The Labute approximate surface area is 222 Å². The van der Waals surface area contributed by atoms with Crippen LogP contribution in [0.2, 0.25) is 0 Å². The van der Waals surface area contributed by atoms with E-state index < -0.39 is 24.6 Å². The van der Waals surface area contributed by atoms with Crippen molar-refractivity contribution in [2.75, 3.05) is 13.7 Å². The molecule has 2 saturated heterocycles. The molecule has 5 unspecified atom stereocenters. The maximum absolute atomic E-state index is 13.1. The average molecular weight is 526 g/mol. The normalized spacial score (nSPS) is 30.1. The molecule has 0 aromatic heterocycles. The van der Waals surface area contributed by atoms with Crippen molar-refractivity contribution in [3.05, 3.63) is 29.3 Å². The number of para-hydroxylation sites is 1. The average Bonchev–Trinajstić information content (AvgIpc) is 3.39. The lowest BCUT2D eigenvalue weighted by Gasteiger charge is -2.64. The van der Waals surface area contributed by atoms with Gasteiger partial charge < -0.3 is 24.5 Å². The second-order valence-corrected chi connectivity index (χ2v) is 11.7. The highest BCUT2D eigenvalue weighted by molar-refractivity contribution is 6.48. The molecule has 2 aliphatic heterocycles. The van der Waals surface area contributed by atoms with E-state index in [0.29, 0.717) is 17.4 Å². The SMILES string of the molecule is COc1c(CC(NC(=O)CCN2C(=O)CCC2=O)B2OC3CC4CC(C4(C)C)C3(C)O2)cccc1C(=O)O. The van der Waals surface area contributed by atoms with Crippen LogP contribution < -0.4 is 10.1 Å². The molecule has 11 heteroatoms.